The van der Waals surface area contributed by atoms with Crippen LogP contribution in [0.2, 0.25) is 0 Å². The van der Waals surface area contributed by atoms with Gasteiger partial charge in [0.25, 0.3) is 0 Å². The average Bonchev–Trinajstić information content (AvgIpc) is 2.37. The first-order valence-corrected chi connectivity index (χ1v) is 12.9. The van der Waals surface area contributed by atoms with E-state index in [4.69, 9.17) is 0 Å². The second-order valence-electron chi connectivity index (χ2n) is 5.60. The fourth-order valence-electron chi connectivity index (χ4n) is 1.65. The van der Waals surface area contributed by atoms with E-state index in [0.717, 1.165) is 6.66 Å². The molecule has 1 aliphatic rings. The summed E-state index contributed by atoms with van der Waals surface area (Å²) in [6.07, 6.45) is -14.7. The predicted octanol–water partition coefficient (Wildman–Crippen LogP) is 6.72. The summed E-state index contributed by atoms with van der Waals surface area (Å²) in [6, 6.07) is 0. The molecule has 0 aromatic carbocycles. The molecule has 27 heavy (non-hydrogen) atoms. The van der Waals surface area contributed by atoms with Crippen molar-refractivity contribution in [2.24, 2.45) is 13.5 Å². The van der Waals surface area contributed by atoms with Gasteiger partial charge in [0, 0.05) is 6.66 Å². The molecule has 1 heterocycles. The molecule has 0 N–H and O–H groups in total. The molecule has 0 fully saturated rings. The lowest BCUT2D eigenvalue weighted by Gasteiger charge is -2.31. The van der Waals surface area contributed by atoms with Crippen LogP contribution in [0, 0.1) is 0 Å². The lowest BCUT2D eigenvalue weighted by atomic mass is 10.7. The van der Waals surface area contributed by atoms with Gasteiger partial charge in [-0.25, -0.2) is 4.52 Å². The lowest BCUT2D eigenvalue weighted by Crippen LogP contribution is -2.20. The summed E-state index contributed by atoms with van der Waals surface area (Å²) in [5, 5.41) is 0. The average molecular weight is 477 g/mol. The summed E-state index contributed by atoms with van der Waals surface area (Å²) in [7, 11) is -11.4. The van der Waals surface area contributed by atoms with Crippen LogP contribution in [0.15, 0.2) is 13.5 Å². The number of hydrogen-bond acceptors (Lipinski definition) is 6. The summed E-state index contributed by atoms with van der Waals surface area (Å²) in [5.74, 6) is 0. The van der Waals surface area contributed by atoms with Crippen molar-refractivity contribution < 1.29 is 53.1 Å². The minimum Gasteiger partial charge on any atom is -0.318 e. The van der Waals surface area contributed by atoms with Crippen molar-refractivity contribution in [3.8, 4) is 0 Å². The van der Waals surface area contributed by atoms with E-state index in [0.29, 0.717) is 0 Å². The van der Waals surface area contributed by atoms with Gasteiger partial charge in [0.05, 0.1) is 7.21 Å². The Morgan fingerprint density at radius 2 is 0.963 bits per heavy atom. The van der Waals surface area contributed by atoms with Crippen LogP contribution in [-0.2, 0) is 13.6 Å². The molecule has 0 radical (unpaired) electrons. The molecule has 0 saturated carbocycles. The maximum atomic E-state index is 12.5. The van der Waals surface area contributed by atoms with Gasteiger partial charge in [-0.1, -0.05) is 0 Å². The molecule has 6 nitrogen and oxygen atoms in total. The van der Waals surface area contributed by atoms with E-state index < -0.39 is 60.6 Å². The summed E-state index contributed by atoms with van der Waals surface area (Å²) in [6.45, 7) is -2.49. The van der Waals surface area contributed by atoms with Gasteiger partial charge in [0.2, 0.25) is 7.43 Å². The zero-order valence-electron chi connectivity index (χ0n) is 13.9. The highest BCUT2D eigenvalue weighted by molar-refractivity contribution is 7.82. The normalized spacial score (nSPS) is 25.3. The maximum absolute atomic E-state index is 12.5. The summed E-state index contributed by atoms with van der Waals surface area (Å²) >= 11 is 0. The van der Waals surface area contributed by atoms with Crippen molar-refractivity contribution in [2.75, 3.05) is 39.8 Å². The Bertz CT molecular complexity index is 685. The molecule has 0 spiro atoms. The number of halogens is 9. The largest absolute Gasteiger partial charge is 0.412 e. The third-order valence-electron chi connectivity index (χ3n) is 2.26. The Labute approximate surface area is 148 Å². The van der Waals surface area contributed by atoms with Gasteiger partial charge in [-0.15, -0.1) is 0 Å². The highest BCUT2D eigenvalue weighted by Crippen LogP contribution is 2.77. The van der Waals surface area contributed by atoms with Crippen LogP contribution in [0.3, 0.4) is 0 Å². The first-order chi connectivity index (χ1) is 11.7. The van der Waals surface area contributed by atoms with Crippen molar-refractivity contribution in [1.29, 1.82) is 0 Å². The fraction of sp³-hybridized carbons (Fsp3) is 1.00. The number of rotatable bonds is 6. The van der Waals surface area contributed by atoms with Gasteiger partial charge < -0.3 is 4.52 Å². The summed E-state index contributed by atoms with van der Waals surface area (Å²) < 4.78 is 137. The number of hydrogen-bond donors (Lipinski definition) is 0. The van der Waals surface area contributed by atoms with Gasteiger partial charge >= 0.3 is 26.2 Å². The first kappa shape index (κ1) is 25.0. The minimum absolute atomic E-state index is 0.956. The summed E-state index contributed by atoms with van der Waals surface area (Å²) in [5.41, 5.74) is 0. The van der Waals surface area contributed by atoms with Crippen molar-refractivity contribution in [3.05, 3.63) is 0 Å². The molecule has 0 aliphatic carbocycles. The van der Waals surface area contributed by atoms with E-state index in [9.17, 15) is 39.5 Å². The third-order valence-corrected chi connectivity index (χ3v) is 11.8. The monoisotopic (exact) mass is 477 g/mol. The van der Waals surface area contributed by atoms with Gasteiger partial charge in [-0.3, -0.25) is 9.05 Å². The molecule has 1 aliphatic heterocycles. The van der Waals surface area contributed by atoms with E-state index >= 15 is 0 Å². The zero-order chi connectivity index (χ0) is 21.4. The Balaban J connectivity index is 3.40. The molecule has 1 unspecified atom stereocenters. The smallest absolute Gasteiger partial charge is 0.318 e. The number of nitrogens with zero attached hydrogens (tertiary/aromatic N) is 3. The molecule has 0 aromatic heterocycles. The Hall–Kier alpha value is -0.0600. The Morgan fingerprint density at radius 1 is 0.593 bits per heavy atom. The van der Waals surface area contributed by atoms with Crippen LogP contribution in [0.4, 0.5) is 39.5 Å². The van der Waals surface area contributed by atoms with Crippen molar-refractivity contribution in [3.63, 3.8) is 0 Å². The second-order valence-corrected chi connectivity index (χ2v) is 13.8. The van der Waals surface area contributed by atoms with Crippen LogP contribution in [0.1, 0.15) is 0 Å². The van der Waals surface area contributed by atoms with Crippen molar-refractivity contribution in [2.45, 2.75) is 18.5 Å². The first-order valence-electron chi connectivity index (χ1n) is 6.72. The standard InChI is InChI=1S/C9H15F9N3O3P3/c1-25(2)19-26(3,22-4-7(10,11)12)21-27(20-25,23-5-8(13,14)15)24-6-9(16,17)18/h4-6H2,1-3H3. The molecule has 0 amide bonds. The molecule has 0 aromatic rings. The van der Waals surface area contributed by atoms with E-state index in [1.807, 2.05) is 0 Å². The quantitative estimate of drug-likeness (QED) is 0.315. The van der Waals surface area contributed by atoms with Gasteiger partial charge in [0.15, 0.2) is 13.2 Å². The molecule has 1 rings (SSSR count). The second kappa shape index (κ2) is 7.99. The Kier molecular flexibility index (Phi) is 7.39. The SMILES string of the molecule is CP1(C)=NP(C)(OCC(F)(F)F)=NP(OCC(F)(F)F)(OCC(F)(F)F)=N1. The van der Waals surface area contributed by atoms with Crippen LogP contribution in [0.25, 0.3) is 0 Å². The maximum Gasteiger partial charge on any atom is 0.412 e. The predicted molar refractivity (Wildman–Crippen MR) is 81.8 cm³/mol. The molecule has 1 atom stereocenters. The highest BCUT2D eigenvalue weighted by atomic mass is 31.3. The van der Waals surface area contributed by atoms with Crippen LogP contribution in [-0.4, -0.2) is 58.3 Å². The zero-order valence-corrected chi connectivity index (χ0v) is 16.6. The van der Waals surface area contributed by atoms with Crippen LogP contribution < -0.4 is 0 Å². The molecule has 162 valence electrons. The van der Waals surface area contributed by atoms with Gasteiger partial charge in [0.1, 0.15) is 6.61 Å². The third kappa shape index (κ3) is 9.80. The van der Waals surface area contributed by atoms with Crippen molar-refractivity contribution >= 4 is 22.3 Å². The van der Waals surface area contributed by atoms with Gasteiger partial charge in [-0.2, -0.15) is 48.5 Å². The molecule has 0 saturated heterocycles. The van der Waals surface area contributed by atoms with E-state index in [-0.39, 0.29) is 0 Å². The molecular weight excluding hydrogens is 462 g/mol. The minimum atomic E-state index is -4.96. The van der Waals surface area contributed by atoms with E-state index in [1.54, 1.807) is 0 Å². The van der Waals surface area contributed by atoms with E-state index in [2.05, 4.69) is 27.1 Å². The van der Waals surface area contributed by atoms with Gasteiger partial charge in [-0.05, 0) is 13.3 Å². The van der Waals surface area contributed by atoms with E-state index in [1.165, 1.54) is 13.3 Å². The van der Waals surface area contributed by atoms with Crippen LogP contribution in [0.5, 0.6) is 0 Å². The highest BCUT2D eigenvalue weighted by Gasteiger charge is 2.42. The molecular formula is C9H15F9N3O3P3. The topological polar surface area (TPSA) is 64.8 Å². The number of alkyl halides is 9. The summed E-state index contributed by atoms with van der Waals surface area (Å²) in [4.78, 5) is 0. The van der Waals surface area contributed by atoms with Crippen LogP contribution >= 0.6 is 22.3 Å². The Morgan fingerprint density at radius 3 is 1.33 bits per heavy atom. The molecule has 0 bridgehead atoms. The lowest BCUT2D eigenvalue weighted by molar-refractivity contribution is -0.163. The molecule has 18 heteroatoms. The van der Waals surface area contributed by atoms with Crippen molar-refractivity contribution in [1.82, 2.24) is 0 Å². The fourth-order valence-corrected chi connectivity index (χ4v) is 12.5.